The minimum Gasteiger partial charge on any atom is -0.369 e. The van der Waals surface area contributed by atoms with Crippen LogP contribution < -0.4 is 11.5 Å². The molecule has 4 nitrogen and oxygen atoms in total. The number of primary amides is 1. The third-order valence-electron chi connectivity index (χ3n) is 4.03. The van der Waals surface area contributed by atoms with E-state index < -0.39 is 0 Å². The van der Waals surface area contributed by atoms with Gasteiger partial charge in [0.05, 0.1) is 0 Å². The fraction of sp³-hybridized carbons (Fsp3) is 0.533. The Morgan fingerprint density at radius 3 is 2.30 bits per heavy atom. The largest absolute Gasteiger partial charge is 0.369 e. The number of nitrogens with zero attached hydrogens (tertiary/aromatic N) is 1. The van der Waals surface area contributed by atoms with Crippen LogP contribution in [0.3, 0.4) is 0 Å². The lowest BCUT2D eigenvalue weighted by Gasteiger charge is -2.39. The molecule has 20 heavy (non-hydrogen) atoms. The summed E-state index contributed by atoms with van der Waals surface area (Å²) in [5, 5.41) is 0. The van der Waals surface area contributed by atoms with Gasteiger partial charge in [-0.2, -0.15) is 0 Å². The van der Waals surface area contributed by atoms with Gasteiger partial charge >= 0.3 is 0 Å². The number of hydrogen-bond donors (Lipinski definition) is 2. The highest BCUT2D eigenvalue weighted by atomic mass is 79.9. The maximum Gasteiger partial charge on any atom is 0.220 e. The number of piperidine rings is 1. The van der Waals surface area contributed by atoms with Crippen LogP contribution in [-0.4, -0.2) is 29.9 Å². The summed E-state index contributed by atoms with van der Waals surface area (Å²) in [5.74, 6) is -0.157. The molecule has 5 heteroatoms. The average molecular weight is 340 g/mol. The van der Waals surface area contributed by atoms with E-state index >= 15 is 0 Å². The third-order valence-corrected chi connectivity index (χ3v) is 4.56. The van der Waals surface area contributed by atoms with Crippen LogP contribution in [0.1, 0.15) is 31.4 Å². The first-order valence-corrected chi connectivity index (χ1v) is 7.82. The summed E-state index contributed by atoms with van der Waals surface area (Å²) < 4.78 is 1.07. The highest BCUT2D eigenvalue weighted by molar-refractivity contribution is 9.10. The number of amides is 1. The van der Waals surface area contributed by atoms with Crippen molar-refractivity contribution in [2.75, 3.05) is 13.1 Å². The minimum absolute atomic E-state index is 0.0184. The highest BCUT2D eigenvalue weighted by Gasteiger charge is 2.30. The van der Waals surface area contributed by atoms with Crippen molar-refractivity contribution >= 4 is 21.8 Å². The van der Waals surface area contributed by atoms with Crippen LogP contribution in [0.15, 0.2) is 28.7 Å². The van der Waals surface area contributed by atoms with Crippen LogP contribution in [0, 0.1) is 5.92 Å². The number of rotatable bonds is 4. The lowest BCUT2D eigenvalue weighted by atomic mass is 9.92. The summed E-state index contributed by atoms with van der Waals surface area (Å²) in [6, 6.07) is 8.54. The zero-order chi connectivity index (χ0) is 14.7. The maximum absolute atomic E-state index is 11.2. The number of carbonyl (C=O) groups excluding carboxylic acids is 1. The van der Waals surface area contributed by atoms with E-state index in [2.05, 4.69) is 33.0 Å². The van der Waals surface area contributed by atoms with Gasteiger partial charge in [-0.25, -0.2) is 0 Å². The van der Waals surface area contributed by atoms with Gasteiger partial charge in [0.1, 0.15) is 0 Å². The zero-order valence-electron chi connectivity index (χ0n) is 11.8. The van der Waals surface area contributed by atoms with Gasteiger partial charge in [-0.05, 0) is 50.6 Å². The standard InChI is InChI=1S/C15H22BrN3O/c1-10(17)14(11-2-4-13(16)5-3-11)19-8-6-12(7-9-19)15(18)20/h2-5,10,12,14H,6-9,17H2,1H3,(H2,18,20). The Balaban J connectivity index is 2.10. The molecule has 1 aliphatic heterocycles. The highest BCUT2D eigenvalue weighted by Crippen LogP contribution is 2.29. The second-order valence-corrected chi connectivity index (χ2v) is 6.48. The third kappa shape index (κ3) is 3.59. The molecule has 110 valence electrons. The van der Waals surface area contributed by atoms with Gasteiger partial charge in [0, 0.05) is 22.5 Å². The van der Waals surface area contributed by atoms with E-state index in [4.69, 9.17) is 11.5 Å². The van der Waals surface area contributed by atoms with E-state index in [0.717, 1.165) is 30.4 Å². The van der Waals surface area contributed by atoms with Crippen molar-refractivity contribution in [2.24, 2.45) is 17.4 Å². The molecule has 1 aliphatic rings. The molecule has 0 aliphatic carbocycles. The molecule has 2 unspecified atom stereocenters. The van der Waals surface area contributed by atoms with Crippen molar-refractivity contribution in [1.29, 1.82) is 0 Å². The Labute approximate surface area is 128 Å². The quantitative estimate of drug-likeness (QED) is 0.881. The number of nitrogens with two attached hydrogens (primary N) is 2. The molecule has 4 N–H and O–H groups in total. The van der Waals surface area contributed by atoms with Crippen LogP contribution in [0.4, 0.5) is 0 Å². The van der Waals surface area contributed by atoms with E-state index in [1.165, 1.54) is 5.56 Å². The van der Waals surface area contributed by atoms with Crippen molar-refractivity contribution < 1.29 is 4.79 Å². The van der Waals surface area contributed by atoms with E-state index in [1.54, 1.807) is 0 Å². The fourth-order valence-corrected chi connectivity index (χ4v) is 3.23. The average Bonchev–Trinajstić information content (AvgIpc) is 2.41. The van der Waals surface area contributed by atoms with Crippen LogP contribution in [0.5, 0.6) is 0 Å². The molecule has 1 saturated heterocycles. The number of carbonyl (C=O) groups is 1. The Kier molecular flexibility index (Phi) is 5.18. The number of benzene rings is 1. The lowest BCUT2D eigenvalue weighted by Crippen LogP contribution is -2.45. The van der Waals surface area contributed by atoms with E-state index in [9.17, 15) is 4.79 Å². The normalized spacial score (nSPS) is 20.6. The smallest absolute Gasteiger partial charge is 0.220 e. The van der Waals surface area contributed by atoms with Crippen LogP contribution in [0.2, 0.25) is 0 Å². The zero-order valence-corrected chi connectivity index (χ0v) is 13.3. The Hall–Kier alpha value is -0.910. The monoisotopic (exact) mass is 339 g/mol. The molecule has 2 atom stereocenters. The number of likely N-dealkylation sites (tertiary alicyclic amines) is 1. The van der Waals surface area contributed by atoms with E-state index in [0.29, 0.717) is 0 Å². The molecule has 1 aromatic carbocycles. The lowest BCUT2D eigenvalue weighted by molar-refractivity contribution is -0.123. The van der Waals surface area contributed by atoms with Crippen molar-refractivity contribution in [3.8, 4) is 0 Å². The van der Waals surface area contributed by atoms with Crippen molar-refractivity contribution in [3.05, 3.63) is 34.3 Å². The summed E-state index contributed by atoms with van der Waals surface area (Å²) in [7, 11) is 0. The Morgan fingerprint density at radius 2 is 1.85 bits per heavy atom. The second-order valence-electron chi connectivity index (χ2n) is 5.57. The summed E-state index contributed by atoms with van der Waals surface area (Å²) in [5.41, 5.74) is 12.8. The number of hydrogen-bond acceptors (Lipinski definition) is 3. The van der Waals surface area contributed by atoms with Gasteiger partial charge in [0.2, 0.25) is 5.91 Å². The molecule has 0 radical (unpaired) electrons. The molecule has 0 bridgehead atoms. The van der Waals surface area contributed by atoms with E-state index in [1.807, 2.05) is 19.1 Å². The van der Waals surface area contributed by atoms with Gasteiger partial charge in [-0.3, -0.25) is 9.69 Å². The summed E-state index contributed by atoms with van der Waals surface area (Å²) >= 11 is 3.46. The molecular formula is C15H22BrN3O. The Bertz CT molecular complexity index is 453. The van der Waals surface area contributed by atoms with Crippen molar-refractivity contribution in [2.45, 2.75) is 31.8 Å². The first kappa shape index (κ1) is 15.5. The van der Waals surface area contributed by atoms with Crippen molar-refractivity contribution in [3.63, 3.8) is 0 Å². The summed E-state index contributed by atoms with van der Waals surface area (Å²) in [6.45, 7) is 3.78. The first-order valence-electron chi connectivity index (χ1n) is 7.03. The maximum atomic E-state index is 11.2. The molecule has 0 saturated carbocycles. The SMILES string of the molecule is CC(N)C(c1ccc(Br)cc1)N1CCC(C(N)=O)CC1. The molecule has 1 aromatic rings. The molecule has 1 heterocycles. The predicted octanol–water partition coefficient (Wildman–Crippen LogP) is 2.03. The van der Waals surface area contributed by atoms with Gasteiger partial charge in [-0.15, -0.1) is 0 Å². The predicted molar refractivity (Wildman–Crippen MR) is 84.0 cm³/mol. The molecule has 2 rings (SSSR count). The van der Waals surface area contributed by atoms with Crippen molar-refractivity contribution in [1.82, 2.24) is 4.90 Å². The van der Waals surface area contributed by atoms with Gasteiger partial charge < -0.3 is 11.5 Å². The molecule has 0 spiro atoms. The number of halogens is 1. The van der Waals surface area contributed by atoms with Crippen LogP contribution in [0.25, 0.3) is 0 Å². The van der Waals surface area contributed by atoms with E-state index in [-0.39, 0.29) is 23.9 Å². The molecule has 1 amide bonds. The first-order chi connectivity index (χ1) is 9.49. The molecule has 1 fully saturated rings. The van der Waals surface area contributed by atoms with Crippen LogP contribution in [-0.2, 0) is 4.79 Å². The van der Waals surface area contributed by atoms with Crippen LogP contribution >= 0.6 is 15.9 Å². The topological polar surface area (TPSA) is 72.3 Å². The van der Waals surface area contributed by atoms with Gasteiger partial charge in [0.15, 0.2) is 0 Å². The fourth-order valence-electron chi connectivity index (χ4n) is 2.97. The summed E-state index contributed by atoms with van der Waals surface area (Å²) in [6.07, 6.45) is 1.66. The van der Waals surface area contributed by atoms with Gasteiger partial charge in [-0.1, -0.05) is 28.1 Å². The molecule has 0 aromatic heterocycles. The molecular weight excluding hydrogens is 318 g/mol. The second kappa shape index (κ2) is 6.70. The minimum atomic E-state index is -0.175. The van der Waals surface area contributed by atoms with Gasteiger partial charge in [0.25, 0.3) is 0 Å². The Morgan fingerprint density at radius 1 is 1.30 bits per heavy atom. The summed E-state index contributed by atoms with van der Waals surface area (Å²) in [4.78, 5) is 13.6.